The third-order valence-corrected chi connectivity index (χ3v) is 3.28. The lowest BCUT2D eigenvalue weighted by Crippen LogP contribution is -1.97. The van der Waals surface area contributed by atoms with E-state index in [4.69, 9.17) is 10.8 Å². The van der Waals surface area contributed by atoms with Crippen LogP contribution in [0.4, 0.5) is 0 Å². The number of nitrogens with two attached hydrogens (primary N) is 1. The van der Waals surface area contributed by atoms with Crippen LogP contribution in [0.3, 0.4) is 0 Å². The van der Waals surface area contributed by atoms with Crippen molar-refractivity contribution in [2.24, 2.45) is 5.73 Å². The van der Waals surface area contributed by atoms with E-state index in [2.05, 4.69) is 6.92 Å². The van der Waals surface area contributed by atoms with E-state index in [1.54, 1.807) is 0 Å². The van der Waals surface area contributed by atoms with Crippen molar-refractivity contribution in [2.75, 3.05) is 13.2 Å². The summed E-state index contributed by atoms with van der Waals surface area (Å²) < 4.78 is 0. The summed E-state index contributed by atoms with van der Waals surface area (Å²) in [4.78, 5) is 0. The average Bonchev–Trinajstić information content (AvgIpc) is 2.45. The van der Waals surface area contributed by atoms with Crippen LogP contribution in [0.5, 0.6) is 0 Å². The first-order valence-electron chi connectivity index (χ1n) is 8.64. The molecular weight excluding hydrogens is 250 g/mol. The van der Waals surface area contributed by atoms with Crippen molar-refractivity contribution in [1.82, 2.24) is 0 Å². The smallest absolute Gasteiger partial charge is 0.0428 e. The van der Waals surface area contributed by atoms with Crippen LogP contribution < -0.4 is 5.73 Å². The van der Waals surface area contributed by atoms with Gasteiger partial charge in [-0.25, -0.2) is 0 Å². The van der Waals surface area contributed by atoms with Crippen molar-refractivity contribution < 1.29 is 10.6 Å². The molecule has 0 aromatic rings. The molecule has 0 amide bonds. The molecule has 3 nitrogen and oxygen atoms in total. The van der Waals surface area contributed by atoms with Gasteiger partial charge in [-0.2, -0.15) is 0 Å². The van der Waals surface area contributed by atoms with Crippen LogP contribution in [0.2, 0.25) is 0 Å². The second-order valence-corrected chi connectivity index (χ2v) is 5.40. The third kappa shape index (κ3) is 30.7. The van der Waals surface area contributed by atoms with Crippen LogP contribution in [0.25, 0.3) is 0 Å². The van der Waals surface area contributed by atoms with Gasteiger partial charge >= 0.3 is 0 Å². The van der Waals surface area contributed by atoms with Crippen LogP contribution in [0, 0.1) is 0 Å². The Morgan fingerprint density at radius 3 is 1.15 bits per heavy atom. The van der Waals surface area contributed by atoms with Crippen LogP contribution in [0.15, 0.2) is 0 Å². The van der Waals surface area contributed by atoms with E-state index < -0.39 is 0 Å². The first-order chi connectivity index (χ1) is 9.33. The van der Waals surface area contributed by atoms with Gasteiger partial charge in [0.05, 0.1) is 0 Å². The standard InChI is InChI=1S/C14H31N.C3H8O.H2O/c1-2-3-4-5-6-7-8-9-10-11-12-13-14-15;1-2-3-4;/h2-15H2,1H3;4H,2-3H2,1H3;1H2. The van der Waals surface area contributed by atoms with Gasteiger partial charge in [0.1, 0.15) is 0 Å². The number of hydrogen-bond acceptors (Lipinski definition) is 2. The molecule has 0 atom stereocenters. The van der Waals surface area contributed by atoms with E-state index in [0.29, 0.717) is 6.61 Å². The van der Waals surface area contributed by atoms with Gasteiger partial charge in [0, 0.05) is 6.61 Å². The normalized spacial score (nSPS) is 9.60. The van der Waals surface area contributed by atoms with E-state index in [-0.39, 0.29) is 5.48 Å². The summed E-state index contributed by atoms with van der Waals surface area (Å²) in [5.74, 6) is 0. The second-order valence-electron chi connectivity index (χ2n) is 5.40. The first-order valence-corrected chi connectivity index (χ1v) is 8.64. The molecule has 0 aliphatic heterocycles. The Bertz CT molecular complexity index is 118. The molecule has 0 rings (SSSR count). The highest BCUT2D eigenvalue weighted by Crippen LogP contribution is 2.11. The van der Waals surface area contributed by atoms with Crippen molar-refractivity contribution >= 4 is 0 Å². The molecule has 0 saturated carbocycles. The summed E-state index contributed by atoms with van der Waals surface area (Å²) in [5, 5.41) is 7.88. The molecule has 5 N–H and O–H groups in total. The lowest BCUT2D eigenvalue weighted by atomic mass is 10.1. The Hall–Kier alpha value is -0.120. The summed E-state index contributed by atoms with van der Waals surface area (Å²) in [5.41, 5.74) is 5.45. The molecule has 0 heterocycles. The minimum Gasteiger partial charge on any atom is -0.412 e. The van der Waals surface area contributed by atoms with Gasteiger partial charge in [-0.3, -0.25) is 0 Å². The minimum absolute atomic E-state index is 0. The summed E-state index contributed by atoms with van der Waals surface area (Å²) in [6, 6.07) is 0. The summed E-state index contributed by atoms with van der Waals surface area (Å²) in [7, 11) is 0. The van der Waals surface area contributed by atoms with Gasteiger partial charge < -0.3 is 16.3 Å². The maximum atomic E-state index is 7.88. The second kappa shape index (κ2) is 27.3. The van der Waals surface area contributed by atoms with Gasteiger partial charge in [-0.05, 0) is 19.4 Å². The number of unbranched alkanes of at least 4 members (excludes halogenated alkanes) is 11. The molecule has 3 heteroatoms. The van der Waals surface area contributed by atoms with Gasteiger partial charge in [-0.1, -0.05) is 84.5 Å². The highest BCUT2D eigenvalue weighted by molar-refractivity contribution is 4.48. The SMILES string of the molecule is CCCCCCCCCCCCCCN.CCCO.O. The van der Waals surface area contributed by atoms with Gasteiger partial charge in [0.25, 0.3) is 0 Å². The fourth-order valence-corrected chi connectivity index (χ4v) is 1.99. The predicted octanol–water partition coefficient (Wildman–Crippen LogP) is 4.21. The predicted molar refractivity (Wildman–Crippen MR) is 91.1 cm³/mol. The zero-order chi connectivity index (χ0) is 14.6. The van der Waals surface area contributed by atoms with E-state index in [9.17, 15) is 0 Å². The molecule has 0 spiro atoms. The maximum Gasteiger partial charge on any atom is 0.0428 e. The Labute approximate surface area is 127 Å². The lowest BCUT2D eigenvalue weighted by molar-refractivity contribution is 0.295. The molecule has 0 aliphatic rings. The summed E-state index contributed by atoms with van der Waals surface area (Å²) in [6.45, 7) is 5.40. The van der Waals surface area contributed by atoms with Crippen LogP contribution in [-0.4, -0.2) is 23.7 Å². The summed E-state index contributed by atoms with van der Waals surface area (Å²) >= 11 is 0. The lowest BCUT2D eigenvalue weighted by Gasteiger charge is -2.01. The number of aliphatic hydroxyl groups excluding tert-OH is 1. The van der Waals surface area contributed by atoms with Crippen molar-refractivity contribution in [3.63, 3.8) is 0 Å². The van der Waals surface area contributed by atoms with E-state index in [1.807, 2.05) is 6.92 Å². The molecular formula is C17H41NO2. The fourth-order valence-electron chi connectivity index (χ4n) is 1.99. The summed E-state index contributed by atoms with van der Waals surface area (Å²) in [6.07, 6.45) is 17.8. The van der Waals surface area contributed by atoms with Gasteiger partial charge in [0.2, 0.25) is 0 Å². The van der Waals surface area contributed by atoms with Crippen LogP contribution >= 0.6 is 0 Å². The highest BCUT2D eigenvalue weighted by Gasteiger charge is 1.92. The Kier molecular flexibility index (Phi) is 33.9. The van der Waals surface area contributed by atoms with E-state index in [0.717, 1.165) is 13.0 Å². The van der Waals surface area contributed by atoms with Crippen LogP contribution in [0.1, 0.15) is 97.3 Å². The molecule has 0 radical (unpaired) electrons. The zero-order valence-electron chi connectivity index (χ0n) is 14.1. The van der Waals surface area contributed by atoms with Crippen molar-refractivity contribution in [3.05, 3.63) is 0 Å². The molecule has 20 heavy (non-hydrogen) atoms. The van der Waals surface area contributed by atoms with E-state index in [1.165, 1.54) is 77.0 Å². The average molecular weight is 292 g/mol. The topological polar surface area (TPSA) is 77.8 Å². The monoisotopic (exact) mass is 291 g/mol. The molecule has 0 unspecified atom stereocenters. The largest absolute Gasteiger partial charge is 0.412 e. The van der Waals surface area contributed by atoms with E-state index >= 15 is 0 Å². The van der Waals surface area contributed by atoms with Crippen molar-refractivity contribution in [1.29, 1.82) is 0 Å². The molecule has 126 valence electrons. The number of rotatable bonds is 13. The van der Waals surface area contributed by atoms with Crippen molar-refractivity contribution in [3.8, 4) is 0 Å². The Morgan fingerprint density at radius 1 is 0.600 bits per heavy atom. The van der Waals surface area contributed by atoms with Crippen LogP contribution in [-0.2, 0) is 0 Å². The fraction of sp³-hybridized carbons (Fsp3) is 1.00. The molecule has 0 aromatic carbocycles. The van der Waals surface area contributed by atoms with Gasteiger partial charge in [0.15, 0.2) is 0 Å². The zero-order valence-corrected chi connectivity index (χ0v) is 14.1. The molecule has 0 bridgehead atoms. The molecule has 0 aliphatic carbocycles. The Morgan fingerprint density at radius 2 is 0.900 bits per heavy atom. The van der Waals surface area contributed by atoms with Crippen molar-refractivity contribution in [2.45, 2.75) is 97.3 Å². The number of aliphatic hydroxyl groups is 1. The Balaban J connectivity index is -0.000000508. The maximum absolute atomic E-state index is 7.88. The third-order valence-electron chi connectivity index (χ3n) is 3.28. The number of hydrogen-bond donors (Lipinski definition) is 2. The quantitative estimate of drug-likeness (QED) is 0.499. The minimum atomic E-state index is 0. The molecule has 0 fully saturated rings. The molecule has 0 aromatic heterocycles. The highest BCUT2D eigenvalue weighted by atomic mass is 16.2. The van der Waals surface area contributed by atoms with Gasteiger partial charge in [-0.15, -0.1) is 0 Å². The first kappa shape index (κ1) is 24.9. The molecule has 0 saturated heterocycles.